The van der Waals surface area contributed by atoms with Gasteiger partial charge in [0.05, 0.1) is 0 Å². The van der Waals surface area contributed by atoms with Gasteiger partial charge in [0.2, 0.25) is 17.7 Å². The van der Waals surface area contributed by atoms with E-state index in [9.17, 15) is 14.4 Å². The van der Waals surface area contributed by atoms with Crippen LogP contribution in [0.25, 0.3) is 0 Å². The van der Waals surface area contributed by atoms with Crippen LogP contribution in [0.4, 0.5) is 5.13 Å². The smallest absolute Gasteiger partial charge is 0.246 e. The minimum Gasteiger partial charge on any atom is -0.300 e. The highest BCUT2D eigenvalue weighted by atomic mass is 35.5. The van der Waals surface area contributed by atoms with Crippen molar-refractivity contribution in [3.8, 4) is 0 Å². The molecule has 0 unspecified atom stereocenters. The molecule has 1 aromatic heterocycles. The van der Waals surface area contributed by atoms with Crippen molar-refractivity contribution in [3.05, 3.63) is 45.9 Å². The van der Waals surface area contributed by atoms with Gasteiger partial charge in [0, 0.05) is 35.4 Å². The van der Waals surface area contributed by atoms with Crippen molar-refractivity contribution in [1.29, 1.82) is 0 Å². The molecule has 3 rings (SSSR count). The first kappa shape index (κ1) is 16.6. The molecule has 1 fully saturated rings. The Bertz CT molecular complexity index is 772. The minimum absolute atomic E-state index is 0.175. The predicted octanol–water partition coefficient (Wildman–Crippen LogP) is 2.47. The second-order valence-corrected chi connectivity index (χ2v) is 6.91. The third kappa shape index (κ3) is 3.98. The number of nitrogens with zero attached hydrogens (tertiary/aromatic N) is 2. The lowest BCUT2D eigenvalue weighted by molar-refractivity contribution is -0.141. The zero-order valence-corrected chi connectivity index (χ0v) is 14.2. The van der Waals surface area contributed by atoms with Crippen molar-refractivity contribution in [2.24, 2.45) is 0 Å². The van der Waals surface area contributed by atoms with E-state index >= 15 is 0 Å². The summed E-state index contributed by atoms with van der Waals surface area (Å²) in [5, 5.41) is 3.76. The molecule has 1 N–H and O–H groups in total. The van der Waals surface area contributed by atoms with E-state index in [4.69, 9.17) is 11.6 Å². The van der Waals surface area contributed by atoms with Crippen molar-refractivity contribution >= 4 is 45.8 Å². The fourth-order valence-electron chi connectivity index (χ4n) is 2.35. The number of carbonyl (C=O) groups is 3. The van der Waals surface area contributed by atoms with Gasteiger partial charge in [-0.15, -0.1) is 11.3 Å². The number of amides is 3. The number of thiazole rings is 1. The molecule has 3 amide bonds. The molecule has 8 heteroatoms. The maximum atomic E-state index is 12.0. The minimum atomic E-state index is -0.425. The van der Waals surface area contributed by atoms with Crippen LogP contribution in [-0.2, 0) is 20.8 Å². The topological polar surface area (TPSA) is 79.4 Å². The number of anilines is 1. The molecule has 0 atom stereocenters. The van der Waals surface area contributed by atoms with E-state index in [0.29, 0.717) is 16.6 Å². The molecule has 1 aromatic carbocycles. The van der Waals surface area contributed by atoms with E-state index in [1.165, 1.54) is 11.3 Å². The summed E-state index contributed by atoms with van der Waals surface area (Å²) in [5.41, 5.74) is 1.09. The molecule has 124 valence electrons. The molecular formula is C16H14ClN3O3S. The second kappa shape index (κ2) is 7.11. The molecule has 0 radical (unpaired) electrons. The monoisotopic (exact) mass is 363 g/mol. The van der Waals surface area contributed by atoms with Gasteiger partial charge in [0.15, 0.2) is 5.13 Å². The van der Waals surface area contributed by atoms with Gasteiger partial charge in [-0.05, 0) is 17.7 Å². The van der Waals surface area contributed by atoms with E-state index in [-0.39, 0.29) is 31.2 Å². The van der Waals surface area contributed by atoms with E-state index in [0.717, 1.165) is 15.3 Å². The van der Waals surface area contributed by atoms with Crippen LogP contribution in [0.15, 0.2) is 30.5 Å². The lowest BCUT2D eigenvalue weighted by atomic mass is 10.1. The van der Waals surface area contributed by atoms with Crippen molar-refractivity contribution in [2.75, 3.05) is 11.9 Å². The van der Waals surface area contributed by atoms with Gasteiger partial charge >= 0.3 is 0 Å². The average molecular weight is 364 g/mol. The molecular weight excluding hydrogens is 350 g/mol. The van der Waals surface area contributed by atoms with Crippen molar-refractivity contribution in [2.45, 2.75) is 19.3 Å². The third-order valence-corrected chi connectivity index (χ3v) is 4.71. The molecule has 1 saturated heterocycles. The van der Waals surface area contributed by atoms with Crippen LogP contribution in [0.3, 0.4) is 0 Å². The Morgan fingerprint density at radius 1 is 1.21 bits per heavy atom. The number of hydrogen-bond acceptors (Lipinski definition) is 5. The predicted molar refractivity (Wildman–Crippen MR) is 91.0 cm³/mol. The first-order chi connectivity index (χ1) is 11.5. The van der Waals surface area contributed by atoms with Crippen LogP contribution in [0.1, 0.15) is 23.3 Å². The molecule has 0 bridgehead atoms. The maximum Gasteiger partial charge on any atom is 0.246 e. The molecule has 2 aromatic rings. The molecule has 6 nitrogen and oxygen atoms in total. The Morgan fingerprint density at radius 2 is 1.88 bits per heavy atom. The SMILES string of the molecule is O=C(CN1C(=O)CCC1=O)Nc1ncc(Cc2ccc(Cl)cc2)s1. The van der Waals surface area contributed by atoms with Crippen molar-refractivity contribution in [1.82, 2.24) is 9.88 Å². The van der Waals surface area contributed by atoms with Gasteiger partial charge in [-0.25, -0.2) is 4.98 Å². The Morgan fingerprint density at radius 3 is 2.54 bits per heavy atom. The van der Waals surface area contributed by atoms with Gasteiger partial charge in [-0.1, -0.05) is 23.7 Å². The van der Waals surface area contributed by atoms with E-state index in [2.05, 4.69) is 10.3 Å². The maximum absolute atomic E-state index is 12.0. The summed E-state index contributed by atoms with van der Waals surface area (Å²) in [6.07, 6.45) is 2.73. The van der Waals surface area contributed by atoms with Crippen molar-refractivity contribution < 1.29 is 14.4 Å². The van der Waals surface area contributed by atoms with Crippen molar-refractivity contribution in [3.63, 3.8) is 0 Å². The number of nitrogens with one attached hydrogen (secondary N) is 1. The quantitative estimate of drug-likeness (QED) is 0.827. The Kier molecular flexibility index (Phi) is 4.92. The van der Waals surface area contributed by atoms with Gasteiger partial charge < -0.3 is 5.32 Å². The van der Waals surface area contributed by atoms with Gasteiger partial charge in [0.1, 0.15) is 6.54 Å². The van der Waals surface area contributed by atoms with Crippen LogP contribution in [0.5, 0.6) is 0 Å². The molecule has 24 heavy (non-hydrogen) atoms. The fraction of sp³-hybridized carbons (Fsp3) is 0.250. The number of imide groups is 1. The Hall–Kier alpha value is -2.25. The van der Waals surface area contributed by atoms with Gasteiger partial charge in [-0.2, -0.15) is 0 Å². The largest absolute Gasteiger partial charge is 0.300 e. The van der Waals surface area contributed by atoms with E-state index < -0.39 is 5.91 Å². The summed E-state index contributed by atoms with van der Waals surface area (Å²) in [5.74, 6) is -1.04. The standard InChI is InChI=1S/C16H14ClN3O3S/c17-11-3-1-10(2-4-11)7-12-8-18-16(24-12)19-13(21)9-20-14(22)5-6-15(20)23/h1-4,8H,5-7,9H2,(H,18,19,21). The zero-order chi connectivity index (χ0) is 17.1. The number of aromatic nitrogens is 1. The summed E-state index contributed by atoms with van der Waals surface area (Å²) in [6.45, 7) is -0.260. The van der Waals surface area contributed by atoms with Crippen LogP contribution in [-0.4, -0.2) is 34.2 Å². The second-order valence-electron chi connectivity index (χ2n) is 5.36. The highest BCUT2D eigenvalue weighted by molar-refractivity contribution is 7.15. The molecule has 0 aliphatic carbocycles. The third-order valence-electron chi connectivity index (χ3n) is 3.55. The fourth-order valence-corrected chi connectivity index (χ4v) is 3.34. The highest BCUT2D eigenvalue weighted by Gasteiger charge is 2.30. The number of likely N-dealkylation sites (tertiary alicyclic amines) is 1. The first-order valence-electron chi connectivity index (χ1n) is 7.33. The summed E-state index contributed by atoms with van der Waals surface area (Å²) >= 11 is 7.21. The van der Waals surface area contributed by atoms with Crippen LogP contribution >= 0.6 is 22.9 Å². The van der Waals surface area contributed by atoms with Crippen LogP contribution in [0.2, 0.25) is 5.02 Å². The summed E-state index contributed by atoms with van der Waals surface area (Å²) in [4.78, 5) is 41.1. The summed E-state index contributed by atoms with van der Waals surface area (Å²) in [7, 11) is 0. The first-order valence-corrected chi connectivity index (χ1v) is 8.53. The van der Waals surface area contributed by atoms with Crippen LogP contribution < -0.4 is 5.32 Å². The number of carbonyl (C=O) groups excluding carboxylic acids is 3. The zero-order valence-electron chi connectivity index (χ0n) is 12.6. The molecule has 0 spiro atoms. The highest BCUT2D eigenvalue weighted by Crippen LogP contribution is 2.22. The normalized spacial score (nSPS) is 14.3. The average Bonchev–Trinajstić information content (AvgIpc) is 3.11. The van der Waals surface area contributed by atoms with Gasteiger partial charge in [0.25, 0.3) is 0 Å². The number of halogens is 1. The molecule has 2 heterocycles. The Labute approximate surface area is 147 Å². The lowest BCUT2D eigenvalue weighted by Gasteiger charge is -2.12. The molecule has 1 aliphatic rings. The summed E-state index contributed by atoms with van der Waals surface area (Å²) in [6, 6.07) is 7.52. The molecule has 0 saturated carbocycles. The lowest BCUT2D eigenvalue weighted by Crippen LogP contribution is -2.36. The number of rotatable bonds is 5. The van der Waals surface area contributed by atoms with Gasteiger partial charge in [-0.3, -0.25) is 19.3 Å². The van der Waals surface area contributed by atoms with E-state index in [1.807, 2.05) is 24.3 Å². The Balaban J connectivity index is 1.57. The number of hydrogen-bond donors (Lipinski definition) is 1. The molecule has 1 aliphatic heterocycles. The summed E-state index contributed by atoms with van der Waals surface area (Å²) < 4.78 is 0. The van der Waals surface area contributed by atoms with E-state index in [1.54, 1.807) is 6.20 Å². The number of benzene rings is 1. The van der Waals surface area contributed by atoms with Crippen LogP contribution in [0, 0.1) is 0 Å².